The van der Waals surface area contributed by atoms with Crippen molar-refractivity contribution in [1.82, 2.24) is 15.4 Å². The molecule has 1 saturated heterocycles. The average Bonchev–Trinajstić information content (AvgIpc) is 3.29. The van der Waals surface area contributed by atoms with Gasteiger partial charge in [-0.25, -0.2) is 4.39 Å². The number of fused-ring (bicyclic) bond motifs is 1. The Hall–Kier alpha value is -3.05. The molecule has 1 aromatic heterocycles. The molecule has 1 unspecified atom stereocenters. The first-order valence-electron chi connectivity index (χ1n) is 11.1. The van der Waals surface area contributed by atoms with E-state index in [0.29, 0.717) is 43.1 Å². The molecule has 0 bridgehead atoms. The SMILES string of the molecule is COC(CNOCc1c(C)[nH]c(/C=C2\C(=O)Nc3ccc(F)cc32)c1C)C(=O)N1CCOCC1. The number of hydrogen-bond acceptors (Lipinski definition) is 6. The number of aromatic nitrogens is 1. The van der Waals surface area contributed by atoms with Gasteiger partial charge >= 0.3 is 0 Å². The number of amides is 2. The third-order valence-electron chi connectivity index (χ3n) is 6.15. The molecule has 2 amide bonds. The van der Waals surface area contributed by atoms with Gasteiger partial charge in [0.15, 0.2) is 6.10 Å². The van der Waals surface area contributed by atoms with Gasteiger partial charge in [0.05, 0.1) is 31.9 Å². The molecule has 34 heavy (non-hydrogen) atoms. The molecule has 1 atom stereocenters. The third-order valence-corrected chi connectivity index (χ3v) is 6.15. The van der Waals surface area contributed by atoms with Gasteiger partial charge in [0.2, 0.25) is 0 Å². The fourth-order valence-electron chi connectivity index (χ4n) is 4.14. The number of ether oxygens (including phenoxy) is 2. The summed E-state index contributed by atoms with van der Waals surface area (Å²) < 4.78 is 24.3. The van der Waals surface area contributed by atoms with Crippen molar-refractivity contribution in [2.75, 3.05) is 45.3 Å². The van der Waals surface area contributed by atoms with E-state index in [-0.39, 0.29) is 25.0 Å². The van der Waals surface area contributed by atoms with Crippen LogP contribution < -0.4 is 10.8 Å². The highest BCUT2D eigenvalue weighted by Gasteiger charge is 2.27. The number of H-pyrrole nitrogens is 1. The molecule has 2 aromatic rings. The van der Waals surface area contributed by atoms with Crippen LogP contribution in [-0.4, -0.2) is 67.8 Å². The molecule has 4 rings (SSSR count). The lowest BCUT2D eigenvalue weighted by Crippen LogP contribution is -2.49. The Kier molecular flexibility index (Phi) is 7.42. The number of morpholine rings is 1. The van der Waals surface area contributed by atoms with E-state index in [0.717, 1.165) is 22.5 Å². The number of hydroxylamine groups is 1. The van der Waals surface area contributed by atoms with Crippen molar-refractivity contribution in [3.05, 3.63) is 52.1 Å². The molecule has 182 valence electrons. The zero-order valence-electron chi connectivity index (χ0n) is 19.5. The van der Waals surface area contributed by atoms with E-state index in [1.54, 1.807) is 17.0 Å². The topological polar surface area (TPSA) is 105 Å². The van der Waals surface area contributed by atoms with Crippen molar-refractivity contribution in [3.8, 4) is 0 Å². The Morgan fingerprint density at radius 3 is 2.82 bits per heavy atom. The van der Waals surface area contributed by atoms with Crippen molar-refractivity contribution in [3.63, 3.8) is 0 Å². The number of anilines is 1. The molecule has 1 aromatic carbocycles. The van der Waals surface area contributed by atoms with Gasteiger partial charge in [0, 0.05) is 48.4 Å². The lowest BCUT2D eigenvalue weighted by molar-refractivity contribution is -0.147. The maximum Gasteiger partial charge on any atom is 0.256 e. The number of carbonyl (C=O) groups is 2. The first-order chi connectivity index (χ1) is 16.4. The number of methoxy groups -OCH3 is 1. The summed E-state index contributed by atoms with van der Waals surface area (Å²) in [6.07, 6.45) is 1.06. The van der Waals surface area contributed by atoms with Crippen molar-refractivity contribution >= 4 is 29.2 Å². The van der Waals surface area contributed by atoms with Gasteiger partial charge in [0.1, 0.15) is 5.82 Å². The molecule has 3 N–H and O–H groups in total. The molecular weight excluding hydrogens is 443 g/mol. The highest BCUT2D eigenvalue weighted by atomic mass is 19.1. The number of benzene rings is 1. The van der Waals surface area contributed by atoms with Gasteiger partial charge in [-0.1, -0.05) is 0 Å². The van der Waals surface area contributed by atoms with Crippen molar-refractivity contribution in [1.29, 1.82) is 0 Å². The molecule has 3 heterocycles. The average molecular weight is 473 g/mol. The minimum absolute atomic E-state index is 0.101. The summed E-state index contributed by atoms with van der Waals surface area (Å²) in [7, 11) is 1.49. The number of nitrogens with one attached hydrogen (secondary N) is 3. The number of aryl methyl sites for hydroxylation is 1. The van der Waals surface area contributed by atoms with E-state index in [1.165, 1.54) is 19.2 Å². The van der Waals surface area contributed by atoms with E-state index < -0.39 is 11.9 Å². The van der Waals surface area contributed by atoms with Crippen LogP contribution in [0, 0.1) is 19.7 Å². The zero-order chi connectivity index (χ0) is 24.2. The highest BCUT2D eigenvalue weighted by molar-refractivity contribution is 6.34. The molecule has 0 aliphatic carbocycles. The van der Waals surface area contributed by atoms with Crippen LogP contribution in [-0.2, 0) is 30.5 Å². The molecule has 10 heteroatoms. The Balaban J connectivity index is 1.39. The number of rotatable bonds is 8. The van der Waals surface area contributed by atoms with E-state index in [9.17, 15) is 14.0 Å². The lowest BCUT2D eigenvalue weighted by atomic mass is 10.0. The highest BCUT2D eigenvalue weighted by Crippen LogP contribution is 2.34. The summed E-state index contributed by atoms with van der Waals surface area (Å²) in [6, 6.07) is 4.22. The van der Waals surface area contributed by atoms with E-state index >= 15 is 0 Å². The minimum Gasteiger partial charge on any atom is -0.378 e. The predicted molar refractivity (Wildman–Crippen MR) is 124 cm³/mol. The second-order valence-electron chi connectivity index (χ2n) is 8.27. The van der Waals surface area contributed by atoms with Crippen molar-refractivity contribution in [2.45, 2.75) is 26.6 Å². The maximum absolute atomic E-state index is 13.7. The van der Waals surface area contributed by atoms with Gasteiger partial charge in [0.25, 0.3) is 11.8 Å². The Morgan fingerprint density at radius 2 is 2.09 bits per heavy atom. The molecule has 0 spiro atoms. The number of carbonyl (C=O) groups excluding carboxylic acids is 2. The summed E-state index contributed by atoms with van der Waals surface area (Å²) >= 11 is 0. The smallest absolute Gasteiger partial charge is 0.256 e. The van der Waals surface area contributed by atoms with Crippen LogP contribution in [0.1, 0.15) is 28.1 Å². The summed E-state index contributed by atoms with van der Waals surface area (Å²) in [5.41, 5.74) is 7.82. The summed E-state index contributed by atoms with van der Waals surface area (Å²) in [5.74, 6) is -0.777. The Labute approximate surface area is 197 Å². The van der Waals surface area contributed by atoms with Crippen LogP contribution in [0.4, 0.5) is 10.1 Å². The first kappa shape index (κ1) is 24.1. The van der Waals surface area contributed by atoms with Crippen LogP contribution >= 0.6 is 0 Å². The number of nitrogens with zero attached hydrogens (tertiary/aromatic N) is 1. The standard InChI is InChI=1S/C24H29FN4O5/c1-14-19(13-34-26-12-22(32-3)24(31)29-6-8-33-9-7-29)15(2)27-21(14)11-18-17-10-16(25)4-5-20(17)28-23(18)30/h4-5,10-11,22,26-27H,6-9,12-13H2,1-3H3,(H,28,30)/b18-11-. The normalized spacial score (nSPS) is 17.7. The van der Waals surface area contributed by atoms with E-state index in [1.807, 2.05) is 13.8 Å². The number of hydrogen-bond donors (Lipinski definition) is 3. The molecule has 0 saturated carbocycles. The van der Waals surface area contributed by atoms with E-state index in [4.69, 9.17) is 14.3 Å². The van der Waals surface area contributed by atoms with Crippen LogP contribution in [0.15, 0.2) is 18.2 Å². The molecule has 1 fully saturated rings. The lowest BCUT2D eigenvalue weighted by Gasteiger charge is -2.29. The number of halogens is 1. The predicted octanol–water partition coefficient (Wildman–Crippen LogP) is 2.16. The Morgan fingerprint density at radius 1 is 1.32 bits per heavy atom. The zero-order valence-corrected chi connectivity index (χ0v) is 19.5. The van der Waals surface area contributed by atoms with Gasteiger partial charge in [-0.2, -0.15) is 5.48 Å². The van der Waals surface area contributed by atoms with Crippen LogP contribution in [0.3, 0.4) is 0 Å². The summed E-state index contributed by atoms with van der Waals surface area (Å²) in [4.78, 5) is 35.6. The van der Waals surface area contributed by atoms with Gasteiger partial charge < -0.3 is 24.7 Å². The van der Waals surface area contributed by atoms with Gasteiger partial charge in [-0.15, -0.1) is 0 Å². The fraction of sp³-hybridized carbons (Fsp3) is 0.417. The van der Waals surface area contributed by atoms with Crippen molar-refractivity contribution < 1.29 is 28.3 Å². The monoisotopic (exact) mass is 472 g/mol. The molecule has 2 aliphatic heterocycles. The Bertz CT molecular complexity index is 1110. The molecule has 0 radical (unpaired) electrons. The van der Waals surface area contributed by atoms with Crippen LogP contribution in [0.2, 0.25) is 0 Å². The quantitative estimate of drug-likeness (QED) is 0.309. The largest absolute Gasteiger partial charge is 0.378 e. The molecule has 2 aliphatic rings. The number of aromatic amines is 1. The van der Waals surface area contributed by atoms with Crippen molar-refractivity contribution in [2.24, 2.45) is 0 Å². The van der Waals surface area contributed by atoms with E-state index in [2.05, 4.69) is 15.8 Å². The minimum atomic E-state index is -0.659. The second-order valence-corrected chi connectivity index (χ2v) is 8.27. The first-order valence-corrected chi connectivity index (χ1v) is 11.1. The maximum atomic E-state index is 13.7. The summed E-state index contributed by atoms with van der Waals surface area (Å²) in [5, 5.41) is 2.75. The third kappa shape index (κ3) is 5.05. The van der Waals surface area contributed by atoms with Crippen LogP contribution in [0.25, 0.3) is 11.6 Å². The van der Waals surface area contributed by atoms with Crippen LogP contribution in [0.5, 0.6) is 0 Å². The van der Waals surface area contributed by atoms with Gasteiger partial charge in [-0.3, -0.25) is 14.4 Å². The molecular formula is C24H29FN4O5. The summed E-state index contributed by atoms with van der Waals surface area (Å²) in [6.45, 7) is 6.44. The molecule has 9 nitrogen and oxygen atoms in total. The fourth-order valence-corrected chi connectivity index (χ4v) is 4.14. The van der Waals surface area contributed by atoms with Gasteiger partial charge in [-0.05, 0) is 43.7 Å². The second kappa shape index (κ2) is 10.5.